The molecule has 0 radical (unpaired) electrons. The number of aryl methyl sites for hydroxylation is 1. The molecule has 0 atom stereocenters. The van der Waals surface area contributed by atoms with E-state index in [-0.39, 0.29) is 0 Å². The van der Waals surface area contributed by atoms with Crippen LogP contribution in [0.4, 0.5) is 0 Å². The maximum absolute atomic E-state index is 12.2. The summed E-state index contributed by atoms with van der Waals surface area (Å²) < 4.78 is 0. The highest BCUT2D eigenvalue weighted by atomic mass is 32.2. The lowest BCUT2D eigenvalue weighted by atomic mass is 9.89. The second-order valence-electron chi connectivity index (χ2n) is 6.40. The number of hydrogen-bond donors (Lipinski definition) is 1. The van der Waals surface area contributed by atoms with Crippen LogP contribution >= 0.6 is 11.8 Å². The van der Waals surface area contributed by atoms with E-state index in [1.165, 1.54) is 16.0 Å². The van der Waals surface area contributed by atoms with Gasteiger partial charge in [-0.05, 0) is 59.4 Å². The van der Waals surface area contributed by atoms with Crippen molar-refractivity contribution in [2.75, 3.05) is 0 Å². The molecule has 0 aliphatic carbocycles. The molecular formula is C22H18O2S. The van der Waals surface area contributed by atoms with Gasteiger partial charge in [-0.25, -0.2) is 4.79 Å². The molecule has 1 aliphatic rings. The van der Waals surface area contributed by atoms with Gasteiger partial charge >= 0.3 is 5.97 Å². The zero-order chi connectivity index (χ0) is 17.6. The van der Waals surface area contributed by atoms with Crippen molar-refractivity contribution < 1.29 is 9.90 Å². The van der Waals surface area contributed by atoms with Gasteiger partial charge in [0.2, 0.25) is 0 Å². The number of rotatable bonds is 2. The monoisotopic (exact) mass is 346 g/mol. The molecule has 0 spiro atoms. The van der Waals surface area contributed by atoms with Crippen molar-refractivity contribution in [1.29, 1.82) is 0 Å². The Balaban J connectivity index is 1.95. The first kappa shape index (κ1) is 16.0. The lowest BCUT2D eigenvalue weighted by molar-refractivity contribution is 0.0696. The second kappa shape index (κ2) is 6.08. The van der Waals surface area contributed by atoms with Gasteiger partial charge in [0.25, 0.3) is 0 Å². The van der Waals surface area contributed by atoms with Crippen molar-refractivity contribution in [3.05, 3.63) is 82.4 Å². The molecule has 1 heterocycles. The van der Waals surface area contributed by atoms with Crippen LogP contribution in [0.2, 0.25) is 0 Å². The largest absolute Gasteiger partial charge is 0.478 e. The van der Waals surface area contributed by atoms with Crippen molar-refractivity contribution in [2.24, 2.45) is 0 Å². The Morgan fingerprint density at radius 3 is 2.52 bits per heavy atom. The van der Waals surface area contributed by atoms with E-state index in [9.17, 15) is 9.90 Å². The molecule has 0 saturated carbocycles. The highest BCUT2D eigenvalue weighted by molar-refractivity contribution is 7.99. The van der Waals surface area contributed by atoms with Crippen LogP contribution in [0.25, 0.3) is 11.1 Å². The minimum absolute atomic E-state index is 0.438. The highest BCUT2D eigenvalue weighted by Gasteiger charge is 2.25. The van der Waals surface area contributed by atoms with Gasteiger partial charge < -0.3 is 5.11 Å². The molecule has 1 N–H and O–H groups in total. The molecule has 3 heteroatoms. The van der Waals surface area contributed by atoms with E-state index in [2.05, 4.69) is 38.1 Å². The fraction of sp³-hybridized carbons (Fsp3) is 0.136. The lowest BCUT2D eigenvalue weighted by Gasteiger charge is -2.23. The van der Waals surface area contributed by atoms with Crippen LogP contribution in [0.1, 0.15) is 32.6 Å². The second-order valence-corrected chi connectivity index (χ2v) is 7.49. The molecular weight excluding hydrogens is 328 g/mol. The molecule has 0 unspecified atom stereocenters. The number of carbonyl (C=O) groups is 1. The summed E-state index contributed by atoms with van der Waals surface area (Å²) in [5.41, 5.74) is 6.68. The Morgan fingerprint density at radius 2 is 1.72 bits per heavy atom. The molecule has 3 aromatic carbocycles. The summed E-state index contributed by atoms with van der Waals surface area (Å²) in [7, 11) is 0. The fourth-order valence-corrected chi connectivity index (χ4v) is 4.56. The van der Waals surface area contributed by atoms with Gasteiger partial charge in [-0.2, -0.15) is 0 Å². The molecule has 1 aliphatic heterocycles. The molecule has 2 nitrogen and oxygen atoms in total. The Kier molecular flexibility index (Phi) is 3.89. The topological polar surface area (TPSA) is 37.3 Å². The summed E-state index contributed by atoms with van der Waals surface area (Å²) in [6, 6.07) is 18.3. The van der Waals surface area contributed by atoms with Gasteiger partial charge in [-0.1, -0.05) is 54.2 Å². The predicted molar refractivity (Wildman–Crippen MR) is 102 cm³/mol. The van der Waals surface area contributed by atoms with Crippen molar-refractivity contribution in [3.8, 4) is 11.1 Å². The van der Waals surface area contributed by atoms with Gasteiger partial charge in [0, 0.05) is 16.2 Å². The first-order valence-electron chi connectivity index (χ1n) is 8.28. The minimum atomic E-state index is -0.854. The Morgan fingerprint density at radius 1 is 0.920 bits per heavy atom. The minimum Gasteiger partial charge on any atom is -0.478 e. The van der Waals surface area contributed by atoms with E-state index in [4.69, 9.17) is 0 Å². The summed E-state index contributed by atoms with van der Waals surface area (Å²) in [5, 5.41) is 9.98. The quantitative estimate of drug-likeness (QED) is 0.504. The Bertz CT molecular complexity index is 1000. The van der Waals surface area contributed by atoms with Gasteiger partial charge in [-0.3, -0.25) is 0 Å². The van der Waals surface area contributed by atoms with Gasteiger partial charge in [0.05, 0.1) is 5.56 Å². The third kappa shape index (κ3) is 2.65. The molecule has 3 aromatic rings. The van der Waals surface area contributed by atoms with E-state index in [0.717, 1.165) is 27.1 Å². The molecule has 0 aromatic heterocycles. The first-order chi connectivity index (χ1) is 12.1. The number of hydrogen-bond acceptors (Lipinski definition) is 2. The standard InChI is InChI=1S/C22H18O2S/c1-13-6-5-8-16(14(13)2)17-10-11-20-18(21(17)22(23)24)12-15-7-3-4-9-19(15)25-20/h3-11H,12H2,1-2H3,(H,23,24). The fourth-order valence-electron chi connectivity index (χ4n) is 3.47. The molecule has 25 heavy (non-hydrogen) atoms. The van der Waals surface area contributed by atoms with E-state index in [1.54, 1.807) is 11.8 Å². The first-order valence-corrected chi connectivity index (χ1v) is 9.09. The number of aromatic carboxylic acids is 1. The molecule has 0 bridgehead atoms. The maximum Gasteiger partial charge on any atom is 0.336 e. The zero-order valence-electron chi connectivity index (χ0n) is 14.2. The predicted octanol–water partition coefficient (Wildman–Crippen LogP) is 5.72. The number of benzene rings is 3. The normalized spacial score (nSPS) is 12.4. The highest BCUT2D eigenvalue weighted by Crippen LogP contribution is 2.43. The number of fused-ring (bicyclic) bond motifs is 2. The van der Waals surface area contributed by atoms with Crippen LogP contribution in [0.15, 0.2) is 64.4 Å². The Hall–Kier alpha value is -2.52. The number of carboxylic acids is 1. The molecule has 0 amide bonds. The molecule has 124 valence electrons. The van der Waals surface area contributed by atoms with Crippen molar-refractivity contribution in [1.82, 2.24) is 0 Å². The molecule has 0 saturated heterocycles. The van der Waals surface area contributed by atoms with Crippen molar-refractivity contribution >= 4 is 17.7 Å². The van der Waals surface area contributed by atoms with Crippen molar-refractivity contribution in [3.63, 3.8) is 0 Å². The zero-order valence-corrected chi connectivity index (χ0v) is 15.0. The average Bonchev–Trinajstić information content (AvgIpc) is 2.61. The smallest absolute Gasteiger partial charge is 0.336 e. The van der Waals surface area contributed by atoms with E-state index >= 15 is 0 Å². The maximum atomic E-state index is 12.2. The lowest BCUT2D eigenvalue weighted by Crippen LogP contribution is -2.10. The van der Waals surface area contributed by atoms with Crippen LogP contribution in [-0.2, 0) is 6.42 Å². The van der Waals surface area contributed by atoms with Gasteiger partial charge in [-0.15, -0.1) is 0 Å². The van der Waals surface area contributed by atoms with E-state index < -0.39 is 5.97 Å². The van der Waals surface area contributed by atoms with Crippen LogP contribution in [0.3, 0.4) is 0 Å². The third-order valence-corrected chi connectivity index (χ3v) is 6.16. The van der Waals surface area contributed by atoms with Crippen LogP contribution < -0.4 is 0 Å². The SMILES string of the molecule is Cc1cccc(-c2ccc3c(c2C(=O)O)Cc2ccccc2S3)c1C. The third-order valence-electron chi connectivity index (χ3n) is 4.94. The van der Waals surface area contributed by atoms with Crippen LogP contribution in [0, 0.1) is 13.8 Å². The van der Waals surface area contributed by atoms with Crippen LogP contribution in [-0.4, -0.2) is 11.1 Å². The molecule has 0 fully saturated rings. The average molecular weight is 346 g/mol. The summed E-state index contributed by atoms with van der Waals surface area (Å²) in [5.74, 6) is -0.854. The molecule has 4 rings (SSSR count). The summed E-state index contributed by atoms with van der Waals surface area (Å²) >= 11 is 1.66. The summed E-state index contributed by atoms with van der Waals surface area (Å²) in [6.07, 6.45) is 0.666. The Labute approximate surface area is 151 Å². The van der Waals surface area contributed by atoms with Crippen LogP contribution in [0.5, 0.6) is 0 Å². The summed E-state index contributed by atoms with van der Waals surface area (Å²) in [4.78, 5) is 14.4. The van der Waals surface area contributed by atoms with Gasteiger partial charge in [0.1, 0.15) is 0 Å². The van der Waals surface area contributed by atoms with E-state index in [1.807, 2.05) is 30.3 Å². The van der Waals surface area contributed by atoms with Crippen molar-refractivity contribution in [2.45, 2.75) is 30.1 Å². The number of carboxylic acid groups (broad SMARTS) is 1. The summed E-state index contributed by atoms with van der Waals surface area (Å²) in [6.45, 7) is 4.11. The van der Waals surface area contributed by atoms with Gasteiger partial charge in [0.15, 0.2) is 0 Å². The van der Waals surface area contributed by atoms with E-state index in [0.29, 0.717) is 12.0 Å².